The van der Waals surface area contributed by atoms with E-state index < -0.39 is 0 Å². The molecule has 1 heterocycles. The highest BCUT2D eigenvalue weighted by molar-refractivity contribution is 5.85. The second-order valence-corrected chi connectivity index (χ2v) is 5.19. The zero-order valence-corrected chi connectivity index (χ0v) is 10.8. The highest BCUT2D eigenvalue weighted by Crippen LogP contribution is 2.17. The number of para-hydroxylation sites is 1. The van der Waals surface area contributed by atoms with Gasteiger partial charge < -0.3 is 0 Å². The van der Waals surface area contributed by atoms with Crippen LogP contribution in [0.5, 0.6) is 0 Å². The minimum atomic E-state index is -0.381. The second kappa shape index (κ2) is 4.68. The maximum atomic E-state index is 12.0. The first kappa shape index (κ1) is 12.4. The summed E-state index contributed by atoms with van der Waals surface area (Å²) in [6, 6.07) is 9.55. The molecule has 1 aromatic heterocycles. The Kier molecular flexibility index (Phi) is 3.23. The molecular weight excluding hydrogens is 228 g/mol. The number of rotatable bonds is 3. The van der Waals surface area contributed by atoms with Gasteiger partial charge in [-0.15, -0.1) is 5.10 Å². The van der Waals surface area contributed by atoms with E-state index in [4.69, 9.17) is 0 Å². The summed E-state index contributed by atoms with van der Waals surface area (Å²) in [5, 5.41) is 11.5. The zero-order chi connectivity index (χ0) is 13.2. The van der Waals surface area contributed by atoms with E-state index in [1.54, 1.807) is 4.68 Å². The Morgan fingerprint density at radius 1 is 1.22 bits per heavy atom. The summed E-state index contributed by atoms with van der Waals surface area (Å²) < 4.78 is 1.60. The molecule has 0 atom stereocenters. The lowest BCUT2D eigenvalue weighted by molar-refractivity contribution is -0.125. The molecule has 0 unspecified atom stereocenters. The van der Waals surface area contributed by atoms with Gasteiger partial charge in [0.15, 0.2) is 5.82 Å². The van der Waals surface area contributed by atoms with Crippen LogP contribution in [0.1, 0.15) is 26.6 Å². The topological polar surface area (TPSA) is 60.7 Å². The van der Waals surface area contributed by atoms with Crippen LogP contribution in [0.3, 0.4) is 0 Å². The van der Waals surface area contributed by atoms with Crippen molar-refractivity contribution in [1.29, 1.82) is 0 Å². The third-order valence-corrected chi connectivity index (χ3v) is 2.69. The van der Waals surface area contributed by atoms with E-state index in [0.29, 0.717) is 5.82 Å². The minimum absolute atomic E-state index is 0.120. The molecule has 2 aromatic rings. The summed E-state index contributed by atoms with van der Waals surface area (Å²) in [6.45, 7) is 5.68. The van der Waals surface area contributed by atoms with Gasteiger partial charge in [-0.05, 0) is 22.6 Å². The molecule has 0 aliphatic carbocycles. The Labute approximate surface area is 106 Å². The van der Waals surface area contributed by atoms with Gasteiger partial charge in [0.25, 0.3) is 0 Å². The molecule has 0 radical (unpaired) electrons. The molecule has 0 N–H and O–H groups in total. The van der Waals surface area contributed by atoms with Gasteiger partial charge in [-0.25, -0.2) is 0 Å². The minimum Gasteiger partial charge on any atom is -0.299 e. The van der Waals surface area contributed by atoms with Crippen molar-refractivity contribution >= 4 is 5.78 Å². The van der Waals surface area contributed by atoms with Gasteiger partial charge in [0.05, 0.1) is 12.1 Å². The molecule has 0 saturated heterocycles. The summed E-state index contributed by atoms with van der Waals surface area (Å²) in [4.78, 5) is 12.0. The Morgan fingerprint density at radius 3 is 2.50 bits per heavy atom. The predicted molar refractivity (Wildman–Crippen MR) is 67.3 cm³/mol. The van der Waals surface area contributed by atoms with E-state index in [1.807, 2.05) is 51.1 Å². The van der Waals surface area contributed by atoms with E-state index in [-0.39, 0.29) is 17.6 Å². The lowest BCUT2D eigenvalue weighted by Crippen LogP contribution is -2.23. The predicted octanol–water partition coefficient (Wildman–Crippen LogP) is 1.82. The summed E-state index contributed by atoms with van der Waals surface area (Å²) in [5.74, 6) is 0.690. The molecule has 0 saturated carbocycles. The fourth-order valence-corrected chi connectivity index (χ4v) is 1.49. The molecule has 0 spiro atoms. The van der Waals surface area contributed by atoms with E-state index in [0.717, 1.165) is 5.69 Å². The number of carbonyl (C=O) groups excluding carboxylic acids is 1. The van der Waals surface area contributed by atoms with E-state index in [1.165, 1.54) is 0 Å². The number of Topliss-reactive ketones (excluding diaryl/α,β-unsaturated/α-hetero) is 1. The number of hydrogen-bond acceptors (Lipinski definition) is 4. The Hall–Kier alpha value is -2.04. The maximum absolute atomic E-state index is 12.0. The molecular formula is C13H16N4O. The van der Waals surface area contributed by atoms with Crippen LogP contribution in [0.25, 0.3) is 5.69 Å². The second-order valence-electron chi connectivity index (χ2n) is 5.19. The van der Waals surface area contributed by atoms with Gasteiger partial charge in [0.2, 0.25) is 0 Å². The molecule has 0 fully saturated rings. The fourth-order valence-electron chi connectivity index (χ4n) is 1.49. The Morgan fingerprint density at radius 2 is 1.89 bits per heavy atom. The molecule has 5 nitrogen and oxygen atoms in total. The molecule has 0 amide bonds. The molecule has 5 heteroatoms. The number of benzene rings is 1. The number of ketones is 1. The van der Waals surface area contributed by atoms with Gasteiger partial charge in [0, 0.05) is 5.41 Å². The van der Waals surface area contributed by atoms with Crippen molar-refractivity contribution in [3.8, 4) is 5.69 Å². The van der Waals surface area contributed by atoms with Gasteiger partial charge in [0.1, 0.15) is 5.78 Å². The Balaban J connectivity index is 2.27. The molecule has 1 aromatic carbocycles. The summed E-state index contributed by atoms with van der Waals surface area (Å²) >= 11 is 0. The van der Waals surface area contributed by atoms with Crippen LogP contribution in [0, 0.1) is 5.41 Å². The zero-order valence-electron chi connectivity index (χ0n) is 10.8. The number of hydrogen-bond donors (Lipinski definition) is 0. The normalized spacial score (nSPS) is 11.5. The molecule has 0 bridgehead atoms. The van der Waals surface area contributed by atoms with Crippen LogP contribution in [0.2, 0.25) is 0 Å². The number of tetrazole rings is 1. The van der Waals surface area contributed by atoms with Crippen molar-refractivity contribution in [3.05, 3.63) is 36.2 Å². The van der Waals surface area contributed by atoms with Crippen molar-refractivity contribution in [2.75, 3.05) is 0 Å². The molecule has 0 aliphatic heterocycles. The van der Waals surface area contributed by atoms with Gasteiger partial charge >= 0.3 is 0 Å². The first-order valence-electron chi connectivity index (χ1n) is 5.84. The van der Waals surface area contributed by atoms with Crippen LogP contribution in [0.15, 0.2) is 30.3 Å². The average Bonchev–Trinajstić information content (AvgIpc) is 2.77. The van der Waals surface area contributed by atoms with Crippen LogP contribution in [0.4, 0.5) is 0 Å². The van der Waals surface area contributed by atoms with Crippen molar-refractivity contribution in [1.82, 2.24) is 20.2 Å². The summed E-state index contributed by atoms with van der Waals surface area (Å²) in [6.07, 6.45) is 0.241. The van der Waals surface area contributed by atoms with Crippen molar-refractivity contribution in [2.24, 2.45) is 5.41 Å². The molecule has 94 valence electrons. The standard InChI is InChI=1S/C13H16N4O/c1-13(2,3)11(18)9-12-14-15-16-17(12)10-7-5-4-6-8-10/h4-8H,9H2,1-3H3. The quantitative estimate of drug-likeness (QED) is 0.826. The molecule has 18 heavy (non-hydrogen) atoms. The van der Waals surface area contributed by atoms with Crippen LogP contribution < -0.4 is 0 Å². The largest absolute Gasteiger partial charge is 0.299 e. The summed E-state index contributed by atoms with van der Waals surface area (Å²) in [7, 11) is 0. The lowest BCUT2D eigenvalue weighted by atomic mass is 9.89. The van der Waals surface area contributed by atoms with Crippen LogP contribution in [-0.4, -0.2) is 26.0 Å². The number of carbonyl (C=O) groups is 1. The first-order chi connectivity index (χ1) is 8.48. The third kappa shape index (κ3) is 2.61. The first-order valence-corrected chi connectivity index (χ1v) is 5.84. The summed E-state index contributed by atoms with van der Waals surface area (Å²) in [5.41, 5.74) is 0.479. The highest BCUT2D eigenvalue weighted by atomic mass is 16.1. The number of nitrogens with zero attached hydrogens (tertiary/aromatic N) is 4. The van der Waals surface area contributed by atoms with Gasteiger partial charge in [-0.1, -0.05) is 39.0 Å². The van der Waals surface area contributed by atoms with Crippen molar-refractivity contribution in [2.45, 2.75) is 27.2 Å². The highest BCUT2D eigenvalue weighted by Gasteiger charge is 2.23. The van der Waals surface area contributed by atoms with Crippen LogP contribution in [-0.2, 0) is 11.2 Å². The van der Waals surface area contributed by atoms with Gasteiger partial charge in [-0.3, -0.25) is 4.79 Å². The van der Waals surface area contributed by atoms with E-state index in [2.05, 4.69) is 15.5 Å². The monoisotopic (exact) mass is 244 g/mol. The fraction of sp³-hybridized carbons (Fsp3) is 0.385. The SMILES string of the molecule is CC(C)(C)C(=O)Cc1nnnn1-c1ccccc1. The van der Waals surface area contributed by atoms with E-state index in [9.17, 15) is 4.79 Å². The van der Waals surface area contributed by atoms with Crippen molar-refractivity contribution < 1.29 is 4.79 Å². The van der Waals surface area contributed by atoms with Crippen LogP contribution >= 0.6 is 0 Å². The van der Waals surface area contributed by atoms with Crippen molar-refractivity contribution in [3.63, 3.8) is 0 Å². The van der Waals surface area contributed by atoms with E-state index >= 15 is 0 Å². The number of aromatic nitrogens is 4. The molecule has 2 rings (SSSR count). The average molecular weight is 244 g/mol. The lowest BCUT2D eigenvalue weighted by Gasteiger charge is -2.15. The smallest absolute Gasteiger partial charge is 0.164 e. The maximum Gasteiger partial charge on any atom is 0.164 e. The Bertz CT molecular complexity index is 540. The molecule has 0 aliphatic rings. The third-order valence-electron chi connectivity index (χ3n) is 2.69. The van der Waals surface area contributed by atoms with Gasteiger partial charge in [-0.2, -0.15) is 4.68 Å².